The van der Waals surface area contributed by atoms with Crippen molar-refractivity contribution in [3.05, 3.63) is 46.0 Å². The molecule has 1 amide bonds. The second-order valence-electron chi connectivity index (χ2n) is 8.01. The number of aliphatic hydroxyl groups is 1. The highest BCUT2D eigenvalue weighted by Crippen LogP contribution is 2.52. The molecular formula is C21H27N3O4S. The summed E-state index contributed by atoms with van der Waals surface area (Å²) in [6.07, 6.45) is 1.29. The number of benzene rings is 1. The number of aliphatic carboxylic acids is 1. The molecule has 3 aliphatic heterocycles. The molecule has 2 saturated heterocycles. The van der Waals surface area contributed by atoms with Gasteiger partial charge in [0.25, 0.3) is 0 Å². The number of hydrogen-bond donors (Lipinski definition) is 4. The molecule has 0 spiro atoms. The van der Waals surface area contributed by atoms with Gasteiger partial charge in [0.2, 0.25) is 5.91 Å². The van der Waals surface area contributed by atoms with Gasteiger partial charge < -0.3 is 26.2 Å². The number of fused-ring (bicyclic) bond motifs is 1. The summed E-state index contributed by atoms with van der Waals surface area (Å²) < 4.78 is 0. The van der Waals surface area contributed by atoms with Crippen molar-refractivity contribution < 1.29 is 19.8 Å². The van der Waals surface area contributed by atoms with Crippen molar-refractivity contribution in [2.75, 3.05) is 13.2 Å². The number of amides is 1. The molecule has 29 heavy (non-hydrogen) atoms. The molecule has 7 nitrogen and oxygen atoms in total. The van der Waals surface area contributed by atoms with Crippen LogP contribution in [0.2, 0.25) is 0 Å². The highest BCUT2D eigenvalue weighted by Gasteiger charge is 2.58. The normalized spacial score (nSPS) is 31.2. The van der Waals surface area contributed by atoms with Crippen LogP contribution in [0.1, 0.15) is 36.9 Å². The van der Waals surface area contributed by atoms with Gasteiger partial charge in [0.05, 0.1) is 12.0 Å². The largest absolute Gasteiger partial charge is 0.477 e. The minimum absolute atomic E-state index is 0.0248. The summed E-state index contributed by atoms with van der Waals surface area (Å²) in [5.74, 6) is -1.52. The van der Waals surface area contributed by atoms with Crippen LogP contribution in [-0.2, 0) is 16.1 Å². The molecule has 4 rings (SSSR count). The first-order valence-corrected chi connectivity index (χ1v) is 10.9. The van der Waals surface area contributed by atoms with E-state index >= 15 is 0 Å². The minimum Gasteiger partial charge on any atom is -0.477 e. The van der Waals surface area contributed by atoms with Crippen molar-refractivity contribution in [3.8, 4) is 0 Å². The number of carbonyl (C=O) groups excluding carboxylic acids is 1. The maximum absolute atomic E-state index is 12.5. The van der Waals surface area contributed by atoms with Gasteiger partial charge >= 0.3 is 5.97 Å². The first kappa shape index (κ1) is 20.4. The van der Waals surface area contributed by atoms with Crippen LogP contribution in [0.15, 0.2) is 34.9 Å². The second-order valence-corrected chi connectivity index (χ2v) is 9.35. The zero-order valence-electron chi connectivity index (χ0n) is 16.4. The maximum atomic E-state index is 12.5. The van der Waals surface area contributed by atoms with Crippen molar-refractivity contribution in [3.63, 3.8) is 0 Å². The molecule has 5 N–H and O–H groups in total. The fourth-order valence-electron chi connectivity index (χ4n) is 4.81. The number of nitrogens with two attached hydrogens (primary N) is 1. The van der Waals surface area contributed by atoms with Gasteiger partial charge in [0, 0.05) is 41.8 Å². The SMILES string of the molecule is C[C@H]1C(S[C@@H]2CN[C@H](c3ccc(CN)cc3)C2)=C(C(=O)O)N2C(=O)[C@@H](CCO)[C@@H]12. The fourth-order valence-corrected chi connectivity index (χ4v) is 6.29. The number of β-lactam (4-membered cyclic amide) rings is 1. The van der Waals surface area contributed by atoms with Crippen LogP contribution in [0, 0.1) is 11.8 Å². The van der Waals surface area contributed by atoms with E-state index in [1.807, 2.05) is 19.1 Å². The lowest BCUT2D eigenvalue weighted by atomic mass is 9.80. The number of carbonyl (C=O) groups is 2. The average molecular weight is 418 g/mol. The number of hydrogen-bond acceptors (Lipinski definition) is 6. The Hall–Kier alpha value is -1.87. The van der Waals surface area contributed by atoms with Gasteiger partial charge in [-0.15, -0.1) is 11.8 Å². The molecule has 0 unspecified atom stereocenters. The van der Waals surface area contributed by atoms with Gasteiger partial charge in [-0.25, -0.2) is 4.79 Å². The third-order valence-electron chi connectivity index (χ3n) is 6.31. The topological polar surface area (TPSA) is 116 Å². The van der Waals surface area contributed by atoms with Crippen molar-refractivity contribution in [1.29, 1.82) is 0 Å². The predicted molar refractivity (Wildman–Crippen MR) is 111 cm³/mol. The first-order valence-electron chi connectivity index (χ1n) is 10.1. The van der Waals surface area contributed by atoms with Crippen molar-refractivity contribution in [2.24, 2.45) is 17.6 Å². The van der Waals surface area contributed by atoms with Crippen LogP contribution in [-0.4, -0.2) is 51.4 Å². The standard InChI is InChI=1S/C21H27N3O4S/c1-11-17-15(6-7-25)20(26)24(17)18(21(27)28)19(11)29-14-8-16(23-10-14)13-4-2-12(9-22)3-5-13/h2-5,11,14-17,23,25H,6-10,22H2,1H3,(H,27,28)/t11-,14+,15+,16+,17-/m1/s1. The number of carboxylic acid groups (broad SMARTS) is 1. The molecular weight excluding hydrogens is 390 g/mol. The van der Waals surface area contributed by atoms with Crippen molar-refractivity contribution in [1.82, 2.24) is 10.2 Å². The lowest BCUT2D eigenvalue weighted by Gasteiger charge is -2.45. The Morgan fingerprint density at radius 2 is 2.07 bits per heavy atom. The number of aliphatic hydroxyl groups excluding tert-OH is 1. The van der Waals surface area contributed by atoms with Crippen molar-refractivity contribution in [2.45, 2.75) is 43.6 Å². The zero-order chi connectivity index (χ0) is 20.7. The van der Waals surface area contributed by atoms with Gasteiger partial charge in [-0.05, 0) is 24.0 Å². The van der Waals surface area contributed by atoms with Gasteiger partial charge in [0.15, 0.2) is 0 Å². The number of carboxylic acids is 1. The Morgan fingerprint density at radius 1 is 1.34 bits per heavy atom. The van der Waals surface area contributed by atoms with Crippen LogP contribution in [0.3, 0.4) is 0 Å². The van der Waals surface area contributed by atoms with Crippen LogP contribution in [0.25, 0.3) is 0 Å². The molecule has 1 aromatic rings. The number of nitrogens with zero attached hydrogens (tertiary/aromatic N) is 1. The Kier molecular flexibility index (Phi) is 5.70. The van der Waals surface area contributed by atoms with E-state index in [1.54, 1.807) is 11.8 Å². The van der Waals surface area contributed by atoms with Crippen LogP contribution in [0.5, 0.6) is 0 Å². The molecule has 5 atom stereocenters. The van der Waals surface area contributed by atoms with E-state index in [1.165, 1.54) is 10.5 Å². The number of thioether (sulfide) groups is 1. The number of nitrogens with one attached hydrogen (secondary N) is 1. The average Bonchev–Trinajstić information content (AvgIpc) is 3.28. The van der Waals surface area contributed by atoms with Gasteiger partial charge in [0.1, 0.15) is 5.70 Å². The van der Waals surface area contributed by atoms with Crippen LogP contribution in [0.4, 0.5) is 0 Å². The molecule has 0 radical (unpaired) electrons. The second kappa shape index (κ2) is 8.10. The molecule has 3 aliphatic rings. The quantitative estimate of drug-likeness (QED) is 0.496. The monoisotopic (exact) mass is 417 g/mol. The minimum atomic E-state index is -1.04. The van der Waals surface area contributed by atoms with Crippen LogP contribution < -0.4 is 11.1 Å². The Bertz CT molecular complexity index is 841. The summed E-state index contributed by atoms with van der Waals surface area (Å²) in [5, 5.41) is 22.8. The van der Waals surface area contributed by atoms with Crippen LogP contribution >= 0.6 is 11.8 Å². The summed E-state index contributed by atoms with van der Waals surface area (Å²) >= 11 is 1.59. The Morgan fingerprint density at radius 3 is 2.69 bits per heavy atom. The highest BCUT2D eigenvalue weighted by molar-refractivity contribution is 8.03. The highest BCUT2D eigenvalue weighted by atomic mass is 32.2. The van der Waals surface area contributed by atoms with Gasteiger partial charge in [-0.2, -0.15) is 0 Å². The smallest absolute Gasteiger partial charge is 0.353 e. The fraction of sp³-hybridized carbons (Fsp3) is 0.524. The molecule has 0 aliphatic carbocycles. The number of rotatable bonds is 7. The van der Waals surface area contributed by atoms with E-state index in [4.69, 9.17) is 5.73 Å². The van der Waals surface area contributed by atoms with Crippen molar-refractivity contribution >= 4 is 23.6 Å². The molecule has 8 heteroatoms. The lowest BCUT2D eigenvalue weighted by Crippen LogP contribution is -2.60. The summed E-state index contributed by atoms with van der Waals surface area (Å²) in [7, 11) is 0. The van der Waals surface area contributed by atoms with Gasteiger partial charge in [-0.1, -0.05) is 31.2 Å². The van der Waals surface area contributed by atoms with E-state index in [0.29, 0.717) is 13.0 Å². The third kappa shape index (κ3) is 3.48. The molecule has 2 fully saturated rings. The Balaban J connectivity index is 1.48. The summed E-state index contributed by atoms with van der Waals surface area (Å²) in [4.78, 5) is 26.6. The van der Waals surface area contributed by atoms with Gasteiger partial charge in [-0.3, -0.25) is 4.79 Å². The molecule has 0 aromatic heterocycles. The first-order chi connectivity index (χ1) is 14.0. The summed E-state index contributed by atoms with van der Waals surface area (Å²) in [6, 6.07) is 8.36. The van der Waals surface area contributed by atoms with E-state index < -0.39 is 5.97 Å². The van der Waals surface area contributed by atoms with E-state index in [0.717, 1.165) is 23.4 Å². The molecule has 0 saturated carbocycles. The maximum Gasteiger partial charge on any atom is 0.353 e. The summed E-state index contributed by atoms with van der Waals surface area (Å²) in [6.45, 7) is 3.25. The Labute approximate surface area is 174 Å². The molecule has 3 heterocycles. The predicted octanol–water partition coefficient (Wildman–Crippen LogP) is 1.44. The summed E-state index contributed by atoms with van der Waals surface area (Å²) in [5.41, 5.74) is 8.12. The molecule has 1 aromatic carbocycles. The lowest BCUT2D eigenvalue weighted by molar-refractivity contribution is -0.157. The zero-order valence-corrected chi connectivity index (χ0v) is 17.2. The van der Waals surface area contributed by atoms with E-state index in [2.05, 4.69) is 17.4 Å². The molecule has 0 bridgehead atoms. The van der Waals surface area contributed by atoms with E-state index in [-0.39, 0.29) is 47.4 Å². The van der Waals surface area contributed by atoms with E-state index in [9.17, 15) is 19.8 Å². The molecule has 156 valence electrons. The third-order valence-corrected chi connectivity index (χ3v) is 7.82.